The van der Waals surface area contributed by atoms with Crippen molar-refractivity contribution >= 4 is 16.9 Å². The van der Waals surface area contributed by atoms with E-state index in [2.05, 4.69) is 5.32 Å². The topological polar surface area (TPSA) is 67.9 Å². The van der Waals surface area contributed by atoms with Gasteiger partial charge in [-0.1, -0.05) is 0 Å². The molecule has 0 saturated heterocycles. The first kappa shape index (κ1) is 18.6. The van der Waals surface area contributed by atoms with Crippen molar-refractivity contribution < 1.29 is 18.5 Å². The van der Waals surface area contributed by atoms with Crippen molar-refractivity contribution in [2.45, 2.75) is 18.7 Å². The maximum absolute atomic E-state index is 12.6. The number of benzene rings is 1. The molecule has 0 aliphatic rings. The van der Waals surface area contributed by atoms with Crippen LogP contribution < -0.4 is 10.1 Å². The summed E-state index contributed by atoms with van der Waals surface area (Å²) in [7, 11) is 3.66. The predicted molar refractivity (Wildman–Crippen MR) is 86.4 cm³/mol. The molecule has 1 N–H and O–H groups in total. The number of hydrogen-bond donors (Lipinski definition) is 1. The van der Waals surface area contributed by atoms with Crippen molar-refractivity contribution in [3.05, 3.63) is 23.3 Å². The molecule has 7 heteroatoms. The molecule has 6 nitrogen and oxygen atoms in total. The molecule has 0 aliphatic carbocycles. The van der Waals surface area contributed by atoms with Gasteiger partial charge in [-0.05, 0) is 37.1 Å². The number of aryl methyl sites for hydroxylation is 2. The first-order valence-electron chi connectivity index (χ1n) is 6.97. The number of nitrogens with one attached hydrogen (secondary N) is 1. The summed E-state index contributed by atoms with van der Waals surface area (Å²) < 4.78 is 24.8. The lowest BCUT2D eigenvalue weighted by atomic mass is 10.1. The van der Waals surface area contributed by atoms with E-state index < -0.39 is 11.0 Å². The second-order valence-corrected chi connectivity index (χ2v) is 6.45. The molecule has 0 saturated carbocycles. The van der Waals surface area contributed by atoms with Gasteiger partial charge in [-0.15, -0.1) is 0 Å². The molecule has 0 fully saturated rings. The van der Waals surface area contributed by atoms with Gasteiger partial charge in [0.1, 0.15) is 23.3 Å². The number of rotatable bonds is 8. The fourth-order valence-electron chi connectivity index (χ4n) is 1.97. The van der Waals surface area contributed by atoms with Crippen LogP contribution in [0.2, 0.25) is 0 Å². The van der Waals surface area contributed by atoms with Crippen molar-refractivity contribution in [2.75, 3.05) is 41.0 Å². The summed E-state index contributed by atoms with van der Waals surface area (Å²) >= 11 is 0. The number of carbonyl (C=O) groups excluding carboxylic acids is 1. The third kappa shape index (κ3) is 5.08. The normalized spacial score (nSPS) is 12.3. The highest BCUT2D eigenvalue weighted by molar-refractivity contribution is 7.82. The Hall–Kier alpha value is -1.44. The Labute approximate surface area is 134 Å². The van der Waals surface area contributed by atoms with E-state index in [0.29, 0.717) is 13.2 Å². The predicted octanol–water partition coefficient (Wildman–Crippen LogP) is 1.03. The van der Waals surface area contributed by atoms with E-state index in [9.17, 15) is 9.00 Å². The zero-order chi connectivity index (χ0) is 16.7. The number of methoxy groups -OCH3 is 1. The minimum Gasteiger partial charge on any atom is -0.497 e. The molecule has 0 aliphatic heterocycles. The third-order valence-corrected chi connectivity index (χ3v) is 4.93. The monoisotopic (exact) mass is 328 g/mol. The Morgan fingerprint density at radius 2 is 1.91 bits per heavy atom. The van der Waals surface area contributed by atoms with Gasteiger partial charge in [0.15, 0.2) is 0 Å². The van der Waals surface area contributed by atoms with Gasteiger partial charge >= 0.3 is 0 Å². The average molecular weight is 328 g/mol. The van der Waals surface area contributed by atoms with Crippen LogP contribution in [0.4, 0.5) is 0 Å². The van der Waals surface area contributed by atoms with Gasteiger partial charge in [0, 0.05) is 20.6 Å². The Balaban J connectivity index is 2.65. The molecule has 22 heavy (non-hydrogen) atoms. The largest absolute Gasteiger partial charge is 0.497 e. The molecule has 0 heterocycles. The van der Waals surface area contributed by atoms with Gasteiger partial charge in [-0.3, -0.25) is 4.79 Å². The van der Waals surface area contributed by atoms with Crippen molar-refractivity contribution in [3.8, 4) is 5.75 Å². The Morgan fingerprint density at radius 1 is 1.32 bits per heavy atom. The van der Waals surface area contributed by atoms with Gasteiger partial charge in [-0.2, -0.15) is 0 Å². The molecular formula is C15H24N2O4S. The zero-order valence-electron chi connectivity index (χ0n) is 13.8. The van der Waals surface area contributed by atoms with Crippen LogP contribution in [0.1, 0.15) is 11.1 Å². The van der Waals surface area contributed by atoms with Crippen molar-refractivity contribution in [1.29, 1.82) is 0 Å². The maximum atomic E-state index is 12.6. The molecule has 124 valence electrons. The number of amides is 1. The van der Waals surface area contributed by atoms with E-state index in [1.807, 2.05) is 26.0 Å². The fourth-order valence-corrected chi connectivity index (χ4v) is 3.19. The second-order valence-electron chi connectivity index (χ2n) is 4.92. The fraction of sp³-hybridized carbons (Fsp3) is 0.533. The van der Waals surface area contributed by atoms with Gasteiger partial charge in [-0.25, -0.2) is 8.51 Å². The summed E-state index contributed by atoms with van der Waals surface area (Å²) in [6, 6.07) is 3.74. The van der Waals surface area contributed by atoms with Crippen LogP contribution in [0.25, 0.3) is 0 Å². The number of hydrogen-bond acceptors (Lipinski definition) is 4. The highest BCUT2D eigenvalue weighted by Crippen LogP contribution is 2.25. The lowest BCUT2D eigenvalue weighted by molar-refractivity contribution is -0.125. The number of carbonyl (C=O) groups is 1. The van der Waals surface area contributed by atoms with E-state index in [4.69, 9.17) is 9.47 Å². The highest BCUT2D eigenvalue weighted by Gasteiger charge is 2.16. The average Bonchev–Trinajstić information content (AvgIpc) is 2.49. The van der Waals surface area contributed by atoms with Crippen molar-refractivity contribution in [2.24, 2.45) is 0 Å². The third-order valence-electron chi connectivity index (χ3n) is 3.19. The summed E-state index contributed by atoms with van der Waals surface area (Å²) in [5.74, 6) is 0.581. The molecule has 1 atom stereocenters. The van der Waals surface area contributed by atoms with E-state index in [1.54, 1.807) is 25.5 Å². The molecule has 1 aromatic rings. The van der Waals surface area contributed by atoms with Crippen LogP contribution in [0.3, 0.4) is 0 Å². The summed E-state index contributed by atoms with van der Waals surface area (Å²) in [5.41, 5.74) is 1.85. The number of likely N-dealkylation sites (N-methyl/N-ethyl adjacent to an activating group) is 2. The Kier molecular flexibility index (Phi) is 7.50. The van der Waals surface area contributed by atoms with E-state index in [-0.39, 0.29) is 12.5 Å². The van der Waals surface area contributed by atoms with Crippen LogP contribution in [0.5, 0.6) is 5.75 Å². The minimum absolute atomic E-state index is 0.0115. The molecule has 1 aromatic carbocycles. The number of ether oxygens (including phenoxy) is 2. The molecule has 1 unspecified atom stereocenters. The van der Waals surface area contributed by atoms with Crippen molar-refractivity contribution in [1.82, 2.24) is 9.62 Å². The number of nitrogens with zero attached hydrogens (tertiary/aromatic N) is 1. The zero-order valence-corrected chi connectivity index (χ0v) is 14.6. The summed E-state index contributed by atoms with van der Waals surface area (Å²) in [5, 5.41) is 2.48. The second kappa shape index (κ2) is 8.87. The first-order chi connectivity index (χ1) is 10.4. The lowest BCUT2D eigenvalue weighted by Crippen LogP contribution is -2.29. The molecule has 0 radical (unpaired) electrons. The molecule has 0 spiro atoms. The van der Waals surface area contributed by atoms with Gasteiger partial charge in [0.05, 0.1) is 18.6 Å². The summed E-state index contributed by atoms with van der Waals surface area (Å²) in [6.07, 6.45) is 0. The van der Waals surface area contributed by atoms with Gasteiger partial charge in [0.2, 0.25) is 5.91 Å². The van der Waals surface area contributed by atoms with Gasteiger partial charge < -0.3 is 14.8 Å². The minimum atomic E-state index is -1.28. The Morgan fingerprint density at radius 3 is 2.41 bits per heavy atom. The molecule has 1 amide bonds. The highest BCUT2D eigenvalue weighted by atomic mass is 32.2. The van der Waals surface area contributed by atoms with Crippen molar-refractivity contribution in [3.63, 3.8) is 0 Å². The standard InChI is InChI=1S/C15H24N2O4S/c1-11-8-13(20-5)9-12(2)15(11)22(19)17(4)6-7-21-10-14(18)16-3/h8-9H,6-7,10H2,1-5H3,(H,16,18). The quantitative estimate of drug-likeness (QED) is 0.724. The van der Waals surface area contributed by atoms with Crippen LogP contribution in [-0.4, -0.2) is 55.4 Å². The van der Waals surface area contributed by atoms with Gasteiger partial charge in [0.25, 0.3) is 0 Å². The lowest BCUT2D eigenvalue weighted by Gasteiger charge is -2.19. The van der Waals surface area contributed by atoms with Crippen LogP contribution in [0.15, 0.2) is 17.0 Å². The van der Waals surface area contributed by atoms with E-state index >= 15 is 0 Å². The summed E-state index contributed by atoms with van der Waals surface area (Å²) in [4.78, 5) is 11.8. The van der Waals surface area contributed by atoms with Crippen LogP contribution >= 0.6 is 0 Å². The first-order valence-corrected chi connectivity index (χ1v) is 8.08. The van der Waals surface area contributed by atoms with Crippen LogP contribution in [0, 0.1) is 13.8 Å². The SMILES string of the molecule is CNC(=O)COCCN(C)S(=O)c1c(C)cc(OC)cc1C. The molecule has 1 rings (SSSR count). The van der Waals surface area contributed by atoms with E-state index in [0.717, 1.165) is 21.8 Å². The van der Waals surface area contributed by atoms with Crippen LogP contribution in [-0.2, 0) is 20.5 Å². The molecule has 0 aromatic heterocycles. The molecular weight excluding hydrogens is 304 g/mol. The van der Waals surface area contributed by atoms with E-state index in [1.165, 1.54) is 0 Å². The summed E-state index contributed by atoms with van der Waals surface area (Å²) in [6.45, 7) is 4.65. The smallest absolute Gasteiger partial charge is 0.245 e. The Bertz CT molecular complexity index is 525. The maximum Gasteiger partial charge on any atom is 0.245 e. The molecule has 0 bridgehead atoms.